The van der Waals surface area contributed by atoms with E-state index in [4.69, 9.17) is 0 Å². The number of pyridine rings is 1. The maximum Gasteiger partial charge on any atom is 0.227 e. The topological polar surface area (TPSA) is 60.8 Å². The highest BCUT2D eigenvalue weighted by Crippen LogP contribution is 2.04. The summed E-state index contributed by atoms with van der Waals surface area (Å²) in [6.45, 7) is 2.40. The Morgan fingerprint density at radius 2 is 1.86 bits per heavy atom. The molecule has 0 aliphatic heterocycles. The number of hydrogen-bond acceptors (Lipinski definition) is 3. The van der Waals surface area contributed by atoms with Crippen LogP contribution in [-0.4, -0.2) is 61.4 Å². The fraction of sp³-hybridized carbons (Fsp3) is 0.500. The summed E-state index contributed by atoms with van der Waals surface area (Å²) in [6, 6.07) is 3.71. The largest absolute Gasteiger partial charge is 0.349 e. The molecule has 1 aromatic heterocycles. The summed E-state index contributed by atoms with van der Waals surface area (Å²) in [7, 11) is 7.70. The van der Waals surface area contributed by atoms with E-state index in [0.29, 0.717) is 18.8 Å². The van der Waals surface area contributed by atoms with Gasteiger partial charge in [-0.1, -0.05) is 6.07 Å². The zero-order valence-corrected chi connectivity index (χ0v) is 15.6. The molecule has 0 fully saturated rings. The Bertz CT molecular complexity index is 461. The average molecular weight is 405 g/mol. The molecule has 0 radical (unpaired) electrons. The molecule has 7 heteroatoms. The van der Waals surface area contributed by atoms with Crippen LogP contribution in [0.5, 0.6) is 0 Å². The monoisotopic (exact) mass is 405 g/mol. The molecule has 0 bridgehead atoms. The molecule has 0 unspecified atom stereocenters. The molecule has 0 spiro atoms. The predicted octanol–water partition coefficient (Wildman–Crippen LogP) is 1.82. The van der Waals surface area contributed by atoms with Gasteiger partial charge in [-0.2, -0.15) is 0 Å². The normalized spacial score (nSPS) is 9.38. The molecule has 0 saturated heterocycles. The zero-order valence-electron chi connectivity index (χ0n) is 13.3. The van der Waals surface area contributed by atoms with Gasteiger partial charge in [-0.3, -0.25) is 9.79 Å². The van der Waals surface area contributed by atoms with Gasteiger partial charge in [0.05, 0.1) is 6.54 Å². The first-order chi connectivity index (χ1) is 9.40. The number of hydrogen-bond donors (Lipinski definition) is 1. The van der Waals surface area contributed by atoms with E-state index in [1.54, 1.807) is 12.3 Å². The van der Waals surface area contributed by atoms with Crippen molar-refractivity contribution < 1.29 is 4.79 Å². The maximum atomic E-state index is 11.8. The molecule has 6 nitrogen and oxygen atoms in total. The van der Waals surface area contributed by atoms with Crippen LogP contribution in [0.4, 0.5) is 5.82 Å². The quantitative estimate of drug-likeness (QED) is 0.472. The van der Waals surface area contributed by atoms with E-state index in [0.717, 1.165) is 11.5 Å². The number of aryl methyl sites for hydroxylation is 1. The second kappa shape index (κ2) is 9.54. The van der Waals surface area contributed by atoms with Crippen LogP contribution in [0.1, 0.15) is 12.0 Å². The van der Waals surface area contributed by atoms with Gasteiger partial charge < -0.3 is 15.1 Å². The first-order valence-corrected chi connectivity index (χ1v) is 6.51. The lowest BCUT2D eigenvalue weighted by Gasteiger charge is -2.22. The van der Waals surface area contributed by atoms with Gasteiger partial charge in [0.1, 0.15) is 5.82 Å². The Balaban J connectivity index is 0.00000400. The van der Waals surface area contributed by atoms with Crippen LogP contribution in [0.15, 0.2) is 23.3 Å². The number of guanidine groups is 1. The number of amides is 1. The molecule has 0 atom stereocenters. The van der Waals surface area contributed by atoms with E-state index >= 15 is 0 Å². The van der Waals surface area contributed by atoms with Crippen LogP contribution < -0.4 is 5.32 Å². The minimum atomic E-state index is -0.0815. The van der Waals surface area contributed by atoms with Crippen LogP contribution >= 0.6 is 24.0 Å². The highest BCUT2D eigenvalue weighted by atomic mass is 127. The number of nitrogens with one attached hydrogen (secondary N) is 1. The Hall–Kier alpha value is -1.38. The third kappa shape index (κ3) is 7.26. The number of halogens is 1. The van der Waals surface area contributed by atoms with Gasteiger partial charge in [0, 0.05) is 40.8 Å². The Labute approximate surface area is 143 Å². The summed E-state index contributed by atoms with van der Waals surface area (Å²) in [5.74, 6) is 1.33. The molecular weight excluding hydrogens is 381 g/mol. The van der Waals surface area contributed by atoms with Crippen LogP contribution in [-0.2, 0) is 4.79 Å². The number of aliphatic imine (C=N–C) groups is 1. The molecule has 1 rings (SSSR count). The van der Waals surface area contributed by atoms with Gasteiger partial charge in [0.2, 0.25) is 5.91 Å². The molecule has 21 heavy (non-hydrogen) atoms. The van der Waals surface area contributed by atoms with E-state index in [9.17, 15) is 4.79 Å². The Morgan fingerprint density at radius 3 is 2.33 bits per heavy atom. The summed E-state index contributed by atoms with van der Waals surface area (Å²) in [6.07, 6.45) is 2.06. The first-order valence-electron chi connectivity index (χ1n) is 6.51. The predicted molar refractivity (Wildman–Crippen MR) is 97.3 cm³/mol. The summed E-state index contributed by atoms with van der Waals surface area (Å²) >= 11 is 0. The fourth-order valence-electron chi connectivity index (χ4n) is 1.69. The van der Waals surface area contributed by atoms with Crippen molar-refractivity contribution in [3.05, 3.63) is 23.9 Å². The van der Waals surface area contributed by atoms with Crippen molar-refractivity contribution >= 4 is 41.7 Å². The lowest BCUT2D eigenvalue weighted by atomic mass is 10.3. The molecule has 0 saturated carbocycles. The molecule has 1 aromatic rings. The highest BCUT2D eigenvalue weighted by Gasteiger charge is 2.06. The molecule has 1 heterocycles. The lowest BCUT2D eigenvalue weighted by molar-refractivity contribution is -0.116. The van der Waals surface area contributed by atoms with Gasteiger partial charge in [-0.15, -0.1) is 24.0 Å². The van der Waals surface area contributed by atoms with Crippen LogP contribution in [0.25, 0.3) is 0 Å². The highest BCUT2D eigenvalue weighted by molar-refractivity contribution is 14.0. The maximum absolute atomic E-state index is 11.8. The van der Waals surface area contributed by atoms with E-state index in [-0.39, 0.29) is 29.9 Å². The van der Waals surface area contributed by atoms with Gasteiger partial charge in [-0.05, 0) is 18.6 Å². The van der Waals surface area contributed by atoms with E-state index in [2.05, 4.69) is 15.3 Å². The molecule has 0 aliphatic rings. The lowest BCUT2D eigenvalue weighted by Crippen LogP contribution is -2.35. The van der Waals surface area contributed by atoms with Crippen molar-refractivity contribution in [1.82, 2.24) is 14.8 Å². The van der Waals surface area contributed by atoms with Crippen molar-refractivity contribution in [2.24, 2.45) is 4.99 Å². The van der Waals surface area contributed by atoms with E-state index in [1.807, 2.05) is 51.0 Å². The van der Waals surface area contributed by atoms with Crippen LogP contribution in [0.3, 0.4) is 0 Å². The summed E-state index contributed by atoms with van der Waals surface area (Å²) in [5.41, 5.74) is 1.06. The standard InChI is InChI=1S/C14H23N5O.HI/c1-11-6-7-12(16-10-11)17-13(20)8-9-15-14(18(2)3)19(4)5;/h6-7,10H,8-9H2,1-5H3,(H,16,17,20);1H. The number of carbonyl (C=O) groups excluding carboxylic acids is 1. The third-order valence-electron chi connectivity index (χ3n) is 2.57. The van der Waals surface area contributed by atoms with Gasteiger partial charge in [0.15, 0.2) is 5.96 Å². The van der Waals surface area contributed by atoms with Crippen molar-refractivity contribution in [3.8, 4) is 0 Å². The number of aromatic nitrogens is 1. The Kier molecular flexibility index (Phi) is 8.91. The van der Waals surface area contributed by atoms with Crippen molar-refractivity contribution in [1.29, 1.82) is 0 Å². The molecule has 118 valence electrons. The first kappa shape index (κ1) is 19.6. The number of anilines is 1. The molecule has 1 N–H and O–H groups in total. The van der Waals surface area contributed by atoms with Crippen LogP contribution in [0, 0.1) is 6.92 Å². The molecular formula is C14H24IN5O. The van der Waals surface area contributed by atoms with Gasteiger partial charge in [0.25, 0.3) is 0 Å². The average Bonchev–Trinajstić information content (AvgIpc) is 2.36. The number of rotatable bonds is 4. The molecule has 1 amide bonds. The van der Waals surface area contributed by atoms with E-state index < -0.39 is 0 Å². The number of nitrogens with zero attached hydrogens (tertiary/aromatic N) is 4. The van der Waals surface area contributed by atoms with Crippen molar-refractivity contribution in [2.75, 3.05) is 40.1 Å². The van der Waals surface area contributed by atoms with Crippen LogP contribution in [0.2, 0.25) is 0 Å². The SMILES string of the molecule is Cc1ccc(NC(=O)CCN=C(N(C)C)N(C)C)nc1.I. The second-order valence-electron chi connectivity index (χ2n) is 4.99. The minimum Gasteiger partial charge on any atom is -0.349 e. The smallest absolute Gasteiger partial charge is 0.227 e. The Morgan fingerprint density at radius 1 is 1.24 bits per heavy atom. The number of carbonyl (C=O) groups is 1. The third-order valence-corrected chi connectivity index (χ3v) is 2.57. The summed E-state index contributed by atoms with van der Waals surface area (Å²) < 4.78 is 0. The summed E-state index contributed by atoms with van der Waals surface area (Å²) in [4.78, 5) is 24.1. The van der Waals surface area contributed by atoms with Crippen molar-refractivity contribution in [3.63, 3.8) is 0 Å². The summed E-state index contributed by atoms with van der Waals surface area (Å²) in [5, 5.41) is 2.75. The zero-order chi connectivity index (χ0) is 15.1. The van der Waals surface area contributed by atoms with Gasteiger partial charge in [-0.25, -0.2) is 4.98 Å². The fourth-order valence-corrected chi connectivity index (χ4v) is 1.69. The molecule has 0 aromatic carbocycles. The van der Waals surface area contributed by atoms with Gasteiger partial charge >= 0.3 is 0 Å². The minimum absolute atomic E-state index is 0. The second-order valence-corrected chi connectivity index (χ2v) is 4.99. The van der Waals surface area contributed by atoms with Crippen molar-refractivity contribution in [2.45, 2.75) is 13.3 Å². The van der Waals surface area contributed by atoms with E-state index in [1.165, 1.54) is 0 Å². The molecule has 0 aliphatic carbocycles.